The van der Waals surface area contributed by atoms with Crippen LogP contribution in [0, 0.1) is 0 Å². The minimum Gasteiger partial charge on any atom is -0.497 e. The van der Waals surface area contributed by atoms with E-state index in [0.717, 1.165) is 24.1 Å². The molecule has 0 atom stereocenters. The number of para-hydroxylation sites is 3. The Morgan fingerprint density at radius 2 is 1.56 bits per heavy atom. The van der Waals surface area contributed by atoms with Crippen LogP contribution in [0.15, 0.2) is 78.5 Å². The third-order valence-electron chi connectivity index (χ3n) is 6.16. The number of benzene rings is 3. The number of fused-ring (bicyclic) bond motifs is 1. The Morgan fingerprint density at radius 1 is 0.853 bits per heavy atom. The second-order valence-electron chi connectivity index (χ2n) is 8.24. The van der Waals surface area contributed by atoms with Gasteiger partial charge in [-0.3, -0.25) is 9.59 Å². The Hall–Kier alpha value is -4.06. The van der Waals surface area contributed by atoms with Crippen LogP contribution in [0.1, 0.15) is 24.5 Å². The van der Waals surface area contributed by atoms with Crippen molar-refractivity contribution >= 4 is 28.8 Å². The lowest BCUT2D eigenvalue weighted by Gasteiger charge is -2.22. The quantitative estimate of drug-likeness (QED) is 0.479. The molecule has 6 heteroatoms. The Morgan fingerprint density at radius 3 is 2.29 bits per heavy atom. The predicted octanol–water partition coefficient (Wildman–Crippen LogP) is 4.83. The van der Waals surface area contributed by atoms with Gasteiger partial charge in [-0.2, -0.15) is 0 Å². The Labute approximate surface area is 199 Å². The monoisotopic (exact) mass is 454 g/mol. The van der Waals surface area contributed by atoms with Crippen LogP contribution in [0.4, 0.5) is 11.4 Å². The molecule has 0 radical (unpaired) electrons. The molecule has 172 valence electrons. The van der Waals surface area contributed by atoms with Crippen molar-refractivity contribution in [1.29, 1.82) is 0 Å². The van der Waals surface area contributed by atoms with Crippen molar-refractivity contribution in [3.8, 4) is 11.5 Å². The van der Waals surface area contributed by atoms with Gasteiger partial charge in [-0.15, -0.1) is 0 Å². The number of anilines is 2. The van der Waals surface area contributed by atoms with Gasteiger partial charge in [-0.05, 0) is 54.3 Å². The fourth-order valence-corrected chi connectivity index (χ4v) is 4.55. The lowest BCUT2D eigenvalue weighted by Crippen LogP contribution is -2.35. The maximum absolute atomic E-state index is 14.0. The van der Waals surface area contributed by atoms with Crippen molar-refractivity contribution in [1.82, 2.24) is 0 Å². The number of ether oxygens (including phenoxy) is 2. The normalized spacial score (nSPS) is 15.2. The summed E-state index contributed by atoms with van der Waals surface area (Å²) in [6.45, 7) is 3.15. The summed E-state index contributed by atoms with van der Waals surface area (Å²) in [4.78, 5) is 31.1. The zero-order chi connectivity index (χ0) is 23.7. The highest BCUT2D eigenvalue weighted by molar-refractivity contribution is 6.46. The molecule has 0 saturated carbocycles. The lowest BCUT2D eigenvalue weighted by molar-refractivity contribution is -0.120. The number of carbonyl (C=O) groups excluding carboxylic acids is 2. The van der Waals surface area contributed by atoms with E-state index in [4.69, 9.17) is 9.47 Å². The molecular formula is C28H26N2O4. The van der Waals surface area contributed by atoms with Gasteiger partial charge in [0.25, 0.3) is 11.8 Å². The van der Waals surface area contributed by atoms with Gasteiger partial charge in [0, 0.05) is 12.2 Å². The molecule has 0 unspecified atom stereocenters. The summed E-state index contributed by atoms with van der Waals surface area (Å²) in [5.74, 6) is 0.495. The smallest absolute Gasteiger partial charge is 0.282 e. The van der Waals surface area contributed by atoms with Gasteiger partial charge in [0.2, 0.25) is 0 Å². The zero-order valence-corrected chi connectivity index (χ0v) is 19.3. The molecule has 3 aromatic rings. The van der Waals surface area contributed by atoms with Gasteiger partial charge in [0.1, 0.15) is 17.2 Å². The standard InChI is InChI=1S/C28H26N2O4/c1-3-18-34-24-11-7-6-10-23(24)30-27(31)25(20-12-14-21(33-2)15-13-20)26(28(30)32)29-17-16-19-8-4-5-9-22(19)29/h4-15H,3,16-18H2,1-2H3. The Balaban J connectivity index is 1.65. The maximum atomic E-state index is 14.0. The van der Waals surface area contributed by atoms with E-state index in [-0.39, 0.29) is 11.8 Å². The maximum Gasteiger partial charge on any atom is 0.282 e. The average molecular weight is 455 g/mol. The van der Waals surface area contributed by atoms with Crippen LogP contribution in [-0.4, -0.2) is 32.1 Å². The fraction of sp³-hybridized carbons (Fsp3) is 0.214. The van der Waals surface area contributed by atoms with Crippen molar-refractivity contribution in [2.45, 2.75) is 19.8 Å². The molecule has 3 aromatic carbocycles. The summed E-state index contributed by atoms with van der Waals surface area (Å²) in [5.41, 5.74) is 4.03. The molecule has 0 saturated heterocycles. The highest BCUT2D eigenvalue weighted by atomic mass is 16.5. The lowest BCUT2D eigenvalue weighted by atomic mass is 10.0. The minimum atomic E-state index is -0.359. The topological polar surface area (TPSA) is 59.1 Å². The van der Waals surface area contributed by atoms with E-state index in [1.807, 2.05) is 54.3 Å². The van der Waals surface area contributed by atoms with E-state index in [9.17, 15) is 9.59 Å². The van der Waals surface area contributed by atoms with Gasteiger partial charge < -0.3 is 14.4 Å². The van der Waals surface area contributed by atoms with Crippen LogP contribution < -0.4 is 19.3 Å². The van der Waals surface area contributed by atoms with Gasteiger partial charge in [0.15, 0.2) is 0 Å². The van der Waals surface area contributed by atoms with Crippen LogP contribution in [0.2, 0.25) is 0 Å². The first kappa shape index (κ1) is 21.8. The molecule has 2 aliphatic rings. The van der Waals surface area contributed by atoms with Gasteiger partial charge in [0.05, 0.1) is 25.0 Å². The summed E-state index contributed by atoms with van der Waals surface area (Å²) < 4.78 is 11.2. The second kappa shape index (κ2) is 9.06. The molecule has 5 rings (SSSR count). The van der Waals surface area contributed by atoms with E-state index in [1.54, 1.807) is 31.4 Å². The molecule has 0 N–H and O–H groups in total. The molecule has 34 heavy (non-hydrogen) atoms. The molecule has 0 spiro atoms. The molecule has 2 amide bonds. The highest BCUT2D eigenvalue weighted by Crippen LogP contribution is 2.42. The van der Waals surface area contributed by atoms with Crippen LogP contribution in [0.5, 0.6) is 11.5 Å². The largest absolute Gasteiger partial charge is 0.497 e. The minimum absolute atomic E-state index is 0.347. The van der Waals surface area contributed by atoms with Crippen molar-refractivity contribution in [3.63, 3.8) is 0 Å². The average Bonchev–Trinajstić information content (AvgIpc) is 3.40. The summed E-state index contributed by atoms with van der Waals surface area (Å²) in [6.07, 6.45) is 1.63. The van der Waals surface area contributed by atoms with Gasteiger partial charge >= 0.3 is 0 Å². The van der Waals surface area contributed by atoms with Crippen molar-refractivity contribution in [2.75, 3.05) is 30.1 Å². The first-order valence-electron chi connectivity index (χ1n) is 11.5. The Bertz CT molecular complexity index is 1280. The van der Waals surface area contributed by atoms with Crippen molar-refractivity contribution in [3.05, 3.63) is 89.6 Å². The number of carbonyl (C=O) groups is 2. The number of hydrogen-bond acceptors (Lipinski definition) is 5. The van der Waals surface area contributed by atoms with Crippen LogP contribution in [0.25, 0.3) is 5.57 Å². The van der Waals surface area contributed by atoms with Gasteiger partial charge in [-0.1, -0.05) is 49.4 Å². The Kier molecular flexibility index (Phi) is 5.80. The molecule has 6 nitrogen and oxygen atoms in total. The van der Waals surface area contributed by atoms with Crippen LogP contribution in [-0.2, 0) is 16.0 Å². The summed E-state index contributed by atoms with van der Waals surface area (Å²) >= 11 is 0. The van der Waals surface area contributed by atoms with Crippen molar-refractivity contribution < 1.29 is 19.1 Å². The summed E-state index contributed by atoms with van der Waals surface area (Å²) in [5, 5.41) is 0. The molecule has 2 aliphatic heterocycles. The predicted molar refractivity (Wildman–Crippen MR) is 132 cm³/mol. The fourth-order valence-electron chi connectivity index (χ4n) is 4.55. The molecular weight excluding hydrogens is 428 g/mol. The molecule has 0 bridgehead atoms. The van der Waals surface area contributed by atoms with Crippen LogP contribution >= 0.6 is 0 Å². The molecule has 0 aliphatic carbocycles. The number of methoxy groups -OCH3 is 1. The summed E-state index contributed by atoms with van der Waals surface area (Å²) in [6, 6.07) is 22.5. The SMILES string of the molecule is CCCOc1ccccc1N1C(=O)C(c2ccc(OC)cc2)=C(N2CCc3ccccc32)C1=O. The third kappa shape index (κ3) is 3.61. The second-order valence-corrected chi connectivity index (χ2v) is 8.24. The molecule has 0 fully saturated rings. The number of hydrogen-bond donors (Lipinski definition) is 0. The van der Waals surface area contributed by atoms with E-state index in [0.29, 0.717) is 47.2 Å². The number of rotatable bonds is 7. The first-order valence-corrected chi connectivity index (χ1v) is 11.5. The van der Waals surface area contributed by atoms with Crippen molar-refractivity contribution in [2.24, 2.45) is 0 Å². The summed E-state index contributed by atoms with van der Waals surface area (Å²) in [7, 11) is 1.60. The third-order valence-corrected chi connectivity index (χ3v) is 6.16. The zero-order valence-electron chi connectivity index (χ0n) is 19.3. The van der Waals surface area contributed by atoms with E-state index in [1.165, 1.54) is 4.90 Å². The number of nitrogens with zero attached hydrogens (tertiary/aromatic N) is 2. The number of amides is 2. The van der Waals surface area contributed by atoms with E-state index < -0.39 is 0 Å². The first-order chi connectivity index (χ1) is 16.6. The number of imide groups is 1. The van der Waals surface area contributed by atoms with Gasteiger partial charge in [-0.25, -0.2) is 4.90 Å². The highest BCUT2D eigenvalue weighted by Gasteiger charge is 2.44. The van der Waals surface area contributed by atoms with E-state index >= 15 is 0 Å². The molecule has 2 heterocycles. The van der Waals surface area contributed by atoms with Crippen LogP contribution in [0.3, 0.4) is 0 Å². The van der Waals surface area contributed by atoms with E-state index in [2.05, 4.69) is 6.07 Å². The molecule has 0 aromatic heterocycles.